The maximum Gasteiger partial charge on any atom is 0.226 e. The van der Waals surface area contributed by atoms with Gasteiger partial charge in [0.05, 0.1) is 18.2 Å². The van der Waals surface area contributed by atoms with Crippen LogP contribution in [0.5, 0.6) is 0 Å². The summed E-state index contributed by atoms with van der Waals surface area (Å²) in [5, 5.41) is 3.00. The summed E-state index contributed by atoms with van der Waals surface area (Å²) in [7, 11) is 0. The maximum absolute atomic E-state index is 12.1. The minimum atomic E-state index is -0.0187. The van der Waals surface area contributed by atoms with Crippen LogP contribution in [-0.2, 0) is 11.2 Å². The predicted molar refractivity (Wildman–Crippen MR) is 81.9 cm³/mol. The van der Waals surface area contributed by atoms with E-state index in [-0.39, 0.29) is 11.9 Å². The van der Waals surface area contributed by atoms with E-state index in [1.54, 1.807) is 0 Å². The van der Waals surface area contributed by atoms with Crippen LogP contribution >= 0.6 is 0 Å². The first-order chi connectivity index (χ1) is 10.2. The van der Waals surface area contributed by atoms with Crippen LogP contribution in [0.15, 0.2) is 60.9 Å². The molecule has 1 N–H and O–H groups in total. The summed E-state index contributed by atoms with van der Waals surface area (Å²) in [4.78, 5) is 16.5. The Morgan fingerprint density at radius 2 is 1.95 bits per heavy atom. The predicted octanol–water partition coefficient (Wildman–Crippen LogP) is 2.75. The Labute approximate surface area is 123 Å². The van der Waals surface area contributed by atoms with Gasteiger partial charge in [-0.2, -0.15) is 0 Å². The summed E-state index contributed by atoms with van der Waals surface area (Å²) < 4.78 is 1.92. The average Bonchev–Trinajstić information content (AvgIpc) is 2.90. The smallest absolute Gasteiger partial charge is 0.226 e. The molecule has 0 aliphatic heterocycles. The van der Waals surface area contributed by atoms with Crippen LogP contribution in [0.1, 0.15) is 24.2 Å². The number of imidazole rings is 1. The molecule has 3 rings (SSSR count). The summed E-state index contributed by atoms with van der Waals surface area (Å²) in [6.07, 6.45) is 4.11. The minimum Gasteiger partial charge on any atom is -0.349 e. The third-order valence-corrected chi connectivity index (χ3v) is 3.43. The first kappa shape index (κ1) is 13.4. The van der Waals surface area contributed by atoms with Gasteiger partial charge in [-0.05, 0) is 24.6 Å². The molecule has 0 aliphatic carbocycles. The summed E-state index contributed by atoms with van der Waals surface area (Å²) in [6, 6.07) is 15.7. The second-order valence-corrected chi connectivity index (χ2v) is 5.08. The van der Waals surface area contributed by atoms with E-state index in [1.165, 1.54) is 0 Å². The molecule has 0 radical (unpaired) electrons. The minimum absolute atomic E-state index is 0.00395. The van der Waals surface area contributed by atoms with E-state index in [4.69, 9.17) is 0 Å². The average molecular weight is 279 g/mol. The molecule has 4 heteroatoms. The first-order valence-corrected chi connectivity index (χ1v) is 6.99. The van der Waals surface area contributed by atoms with Crippen LogP contribution in [0.25, 0.3) is 5.65 Å². The number of rotatable bonds is 4. The zero-order chi connectivity index (χ0) is 14.7. The summed E-state index contributed by atoms with van der Waals surface area (Å²) in [6.45, 7) is 1.98. The Hall–Kier alpha value is -2.62. The maximum atomic E-state index is 12.1. The first-order valence-electron chi connectivity index (χ1n) is 6.99. The van der Waals surface area contributed by atoms with Crippen molar-refractivity contribution in [2.75, 3.05) is 0 Å². The lowest BCUT2D eigenvalue weighted by Gasteiger charge is -2.13. The zero-order valence-electron chi connectivity index (χ0n) is 11.9. The van der Waals surface area contributed by atoms with E-state index in [9.17, 15) is 4.79 Å². The summed E-state index contributed by atoms with van der Waals surface area (Å²) in [5.41, 5.74) is 2.73. The van der Waals surface area contributed by atoms with Gasteiger partial charge in [0.2, 0.25) is 5.91 Å². The molecule has 106 valence electrons. The van der Waals surface area contributed by atoms with E-state index >= 15 is 0 Å². The molecule has 0 fully saturated rings. The Kier molecular flexibility index (Phi) is 3.69. The van der Waals surface area contributed by atoms with Crippen molar-refractivity contribution >= 4 is 11.6 Å². The second kappa shape index (κ2) is 5.79. The van der Waals surface area contributed by atoms with E-state index in [0.717, 1.165) is 16.9 Å². The topological polar surface area (TPSA) is 46.4 Å². The lowest BCUT2D eigenvalue weighted by atomic mass is 10.1. The molecule has 1 atom stereocenters. The molecule has 1 aromatic carbocycles. The van der Waals surface area contributed by atoms with Crippen molar-refractivity contribution in [3.8, 4) is 0 Å². The van der Waals surface area contributed by atoms with Crippen molar-refractivity contribution in [3.05, 3.63) is 72.2 Å². The van der Waals surface area contributed by atoms with E-state index < -0.39 is 0 Å². The van der Waals surface area contributed by atoms with Crippen molar-refractivity contribution in [2.24, 2.45) is 0 Å². The second-order valence-electron chi connectivity index (χ2n) is 5.08. The third-order valence-electron chi connectivity index (χ3n) is 3.43. The van der Waals surface area contributed by atoms with Crippen molar-refractivity contribution in [1.29, 1.82) is 0 Å². The van der Waals surface area contributed by atoms with Gasteiger partial charge in [-0.1, -0.05) is 36.4 Å². The normalized spacial score (nSPS) is 12.2. The number of aromatic nitrogens is 2. The van der Waals surface area contributed by atoms with Gasteiger partial charge in [0, 0.05) is 12.4 Å². The Morgan fingerprint density at radius 1 is 1.19 bits per heavy atom. The molecule has 0 saturated carbocycles. The van der Waals surface area contributed by atoms with Crippen molar-refractivity contribution in [1.82, 2.24) is 14.7 Å². The van der Waals surface area contributed by atoms with Gasteiger partial charge in [-0.25, -0.2) is 4.98 Å². The van der Waals surface area contributed by atoms with Crippen LogP contribution in [-0.4, -0.2) is 15.3 Å². The van der Waals surface area contributed by atoms with Crippen LogP contribution in [0.2, 0.25) is 0 Å². The Balaban J connectivity index is 1.66. The molecule has 3 aromatic rings. The monoisotopic (exact) mass is 279 g/mol. The number of carbonyl (C=O) groups excluding carboxylic acids is 1. The fourth-order valence-electron chi connectivity index (χ4n) is 2.35. The lowest BCUT2D eigenvalue weighted by molar-refractivity contribution is -0.121. The van der Waals surface area contributed by atoms with E-state index in [0.29, 0.717) is 6.42 Å². The standard InChI is InChI=1S/C17H17N3O/c1-13(14-7-3-2-4-8-14)18-17(21)11-15-12-20-10-6-5-9-16(20)19-15/h2-10,12-13H,11H2,1H3,(H,18,21). The van der Waals surface area contributed by atoms with E-state index in [2.05, 4.69) is 10.3 Å². The van der Waals surface area contributed by atoms with E-state index in [1.807, 2.05) is 72.2 Å². The van der Waals surface area contributed by atoms with Crippen molar-refractivity contribution in [2.45, 2.75) is 19.4 Å². The fourth-order valence-corrected chi connectivity index (χ4v) is 2.35. The molecule has 21 heavy (non-hydrogen) atoms. The highest BCUT2D eigenvalue weighted by molar-refractivity contribution is 5.78. The van der Waals surface area contributed by atoms with Gasteiger partial charge in [0.25, 0.3) is 0 Å². The van der Waals surface area contributed by atoms with Gasteiger partial charge in [-0.3, -0.25) is 4.79 Å². The highest BCUT2D eigenvalue weighted by Gasteiger charge is 2.11. The highest BCUT2D eigenvalue weighted by Crippen LogP contribution is 2.11. The van der Waals surface area contributed by atoms with Gasteiger partial charge >= 0.3 is 0 Å². The fraction of sp³-hybridized carbons (Fsp3) is 0.176. The van der Waals surface area contributed by atoms with Crippen molar-refractivity contribution in [3.63, 3.8) is 0 Å². The quantitative estimate of drug-likeness (QED) is 0.798. The molecular formula is C17H17N3O. The SMILES string of the molecule is CC(NC(=O)Cc1cn2ccccc2n1)c1ccccc1. The molecule has 0 saturated heterocycles. The molecule has 4 nitrogen and oxygen atoms in total. The molecule has 0 bridgehead atoms. The molecule has 1 amide bonds. The largest absolute Gasteiger partial charge is 0.349 e. The van der Waals surface area contributed by atoms with Gasteiger partial charge < -0.3 is 9.72 Å². The molecule has 2 aromatic heterocycles. The van der Waals surface area contributed by atoms with Crippen LogP contribution in [0, 0.1) is 0 Å². The van der Waals surface area contributed by atoms with Crippen molar-refractivity contribution < 1.29 is 4.79 Å². The number of carbonyl (C=O) groups is 1. The molecule has 0 aliphatic rings. The zero-order valence-corrected chi connectivity index (χ0v) is 11.9. The number of amides is 1. The Bertz CT molecular complexity index is 716. The summed E-state index contributed by atoms with van der Waals surface area (Å²) >= 11 is 0. The van der Waals surface area contributed by atoms with Gasteiger partial charge in [-0.15, -0.1) is 0 Å². The van der Waals surface area contributed by atoms with Crippen LogP contribution in [0.4, 0.5) is 0 Å². The lowest BCUT2D eigenvalue weighted by Crippen LogP contribution is -2.28. The number of nitrogens with one attached hydrogen (secondary N) is 1. The molecule has 0 spiro atoms. The third kappa shape index (κ3) is 3.11. The highest BCUT2D eigenvalue weighted by atomic mass is 16.1. The number of nitrogens with zero attached hydrogens (tertiary/aromatic N) is 2. The van der Waals surface area contributed by atoms with Crippen LogP contribution < -0.4 is 5.32 Å². The summed E-state index contributed by atoms with van der Waals surface area (Å²) in [5.74, 6) is -0.0187. The number of pyridine rings is 1. The van der Waals surface area contributed by atoms with Crippen LogP contribution in [0.3, 0.4) is 0 Å². The molecular weight excluding hydrogens is 262 g/mol. The number of fused-ring (bicyclic) bond motifs is 1. The van der Waals surface area contributed by atoms with Gasteiger partial charge in [0.1, 0.15) is 5.65 Å². The molecule has 2 heterocycles. The Morgan fingerprint density at radius 3 is 2.71 bits per heavy atom. The number of hydrogen-bond donors (Lipinski definition) is 1. The van der Waals surface area contributed by atoms with Gasteiger partial charge in [0.15, 0.2) is 0 Å². The number of hydrogen-bond acceptors (Lipinski definition) is 2. The number of benzene rings is 1. The molecule has 1 unspecified atom stereocenters.